The molecule has 0 aliphatic heterocycles. The molecule has 4 aromatic rings. The van der Waals surface area contributed by atoms with E-state index in [1.807, 2.05) is 115 Å². The van der Waals surface area contributed by atoms with Gasteiger partial charge in [0.1, 0.15) is 11.6 Å². The smallest absolute Gasteiger partial charge is 0.267 e. The van der Waals surface area contributed by atoms with Crippen molar-refractivity contribution in [2.24, 2.45) is 0 Å². The Bertz CT molecular complexity index is 1310. The van der Waals surface area contributed by atoms with E-state index in [0.29, 0.717) is 5.69 Å². The van der Waals surface area contributed by atoms with Crippen LogP contribution in [-0.2, 0) is 4.79 Å². The van der Waals surface area contributed by atoms with Crippen LogP contribution in [0.5, 0.6) is 0 Å². The maximum atomic E-state index is 12.8. The van der Waals surface area contributed by atoms with Crippen molar-refractivity contribution in [1.29, 1.82) is 5.26 Å². The van der Waals surface area contributed by atoms with E-state index < -0.39 is 5.91 Å². The normalized spacial score (nSPS) is 10.7. The maximum absolute atomic E-state index is 12.8. The predicted molar refractivity (Wildman–Crippen MR) is 139 cm³/mol. The minimum atomic E-state index is -0.474. The first-order valence-corrected chi connectivity index (χ1v) is 11.4. The number of anilines is 4. The molecule has 0 atom stereocenters. The fraction of sp³-hybridized carbons (Fsp3) is 0. The highest BCUT2D eigenvalue weighted by Gasteiger charge is 2.12. The molecule has 0 radical (unpaired) electrons. The highest BCUT2D eigenvalue weighted by Crippen LogP contribution is 2.33. The largest absolute Gasteiger partial charge is 0.360 e. The maximum Gasteiger partial charge on any atom is 0.267 e. The molecule has 6 heteroatoms. The lowest BCUT2D eigenvalue weighted by Crippen LogP contribution is -2.15. The number of hydrogen-bond acceptors (Lipinski definition) is 5. The summed E-state index contributed by atoms with van der Waals surface area (Å²) in [5, 5.41) is 18.7. The molecule has 0 bridgehead atoms. The number of benzene rings is 4. The monoisotopic (exact) mass is 462 g/mol. The van der Waals surface area contributed by atoms with E-state index in [9.17, 15) is 10.1 Å². The van der Waals surface area contributed by atoms with Crippen LogP contribution in [0.4, 0.5) is 22.7 Å². The number of rotatable bonds is 8. The summed E-state index contributed by atoms with van der Waals surface area (Å²) in [5.74, 6) is -0.474. The summed E-state index contributed by atoms with van der Waals surface area (Å²) in [7, 11) is 0. The Morgan fingerprint density at radius 1 is 0.735 bits per heavy atom. The van der Waals surface area contributed by atoms with E-state index in [-0.39, 0.29) is 5.57 Å². The number of carbonyl (C=O) groups excluding carboxylic acids is 1. The summed E-state index contributed by atoms with van der Waals surface area (Å²) in [6.07, 6.45) is 1.42. The van der Waals surface area contributed by atoms with Gasteiger partial charge in [-0.2, -0.15) is 5.26 Å². The van der Waals surface area contributed by atoms with Crippen LogP contribution in [0.3, 0.4) is 0 Å². The molecule has 34 heavy (non-hydrogen) atoms. The van der Waals surface area contributed by atoms with Gasteiger partial charge in [-0.1, -0.05) is 60.3 Å². The van der Waals surface area contributed by atoms with E-state index in [0.717, 1.165) is 26.9 Å². The molecule has 0 spiro atoms. The zero-order valence-corrected chi connectivity index (χ0v) is 19.0. The molecular weight excluding hydrogens is 440 g/mol. The van der Waals surface area contributed by atoms with Crippen LogP contribution in [-0.4, -0.2) is 5.91 Å². The van der Waals surface area contributed by atoms with Crippen LogP contribution in [0, 0.1) is 11.3 Å². The highest BCUT2D eigenvalue weighted by molar-refractivity contribution is 7.99. The lowest BCUT2D eigenvalue weighted by Gasteiger charge is -2.11. The molecule has 4 rings (SSSR count). The molecule has 0 saturated heterocycles. The Morgan fingerprint density at radius 2 is 1.32 bits per heavy atom. The Morgan fingerprint density at radius 3 is 2.03 bits per heavy atom. The third kappa shape index (κ3) is 6.28. The Hall–Kier alpha value is -4.47. The van der Waals surface area contributed by atoms with Crippen molar-refractivity contribution in [2.75, 3.05) is 16.0 Å². The minimum absolute atomic E-state index is 0.0222. The summed E-state index contributed by atoms with van der Waals surface area (Å²) in [4.78, 5) is 14.7. The highest BCUT2D eigenvalue weighted by atomic mass is 32.2. The third-order valence-corrected chi connectivity index (χ3v) is 5.89. The topological polar surface area (TPSA) is 77.0 Å². The van der Waals surface area contributed by atoms with Crippen molar-refractivity contribution in [1.82, 2.24) is 0 Å². The van der Waals surface area contributed by atoms with Crippen LogP contribution in [0.25, 0.3) is 0 Å². The van der Waals surface area contributed by atoms with Gasteiger partial charge >= 0.3 is 0 Å². The van der Waals surface area contributed by atoms with Crippen molar-refractivity contribution < 1.29 is 4.79 Å². The van der Waals surface area contributed by atoms with Crippen molar-refractivity contribution in [3.63, 3.8) is 0 Å². The second-order valence-electron chi connectivity index (χ2n) is 7.25. The van der Waals surface area contributed by atoms with Gasteiger partial charge < -0.3 is 16.0 Å². The van der Waals surface area contributed by atoms with Crippen LogP contribution in [0.1, 0.15) is 0 Å². The number of nitrogens with one attached hydrogen (secondary N) is 3. The fourth-order valence-corrected chi connectivity index (χ4v) is 4.03. The van der Waals surface area contributed by atoms with Gasteiger partial charge in [0.2, 0.25) is 0 Å². The van der Waals surface area contributed by atoms with Crippen LogP contribution in [0.15, 0.2) is 131 Å². The van der Waals surface area contributed by atoms with E-state index >= 15 is 0 Å². The van der Waals surface area contributed by atoms with E-state index in [1.165, 1.54) is 6.20 Å². The minimum Gasteiger partial charge on any atom is -0.360 e. The van der Waals surface area contributed by atoms with Gasteiger partial charge in [-0.05, 0) is 60.7 Å². The SMILES string of the molecule is N#C/C(=C/Nc1ccc(Nc2ccccc2)cc1)C(=O)Nc1ccccc1Sc1ccccc1. The van der Waals surface area contributed by atoms with Gasteiger partial charge in [0, 0.05) is 33.1 Å². The van der Waals surface area contributed by atoms with Crippen LogP contribution < -0.4 is 16.0 Å². The van der Waals surface area contributed by atoms with Crippen molar-refractivity contribution in [3.05, 3.63) is 121 Å². The molecule has 5 nitrogen and oxygen atoms in total. The van der Waals surface area contributed by atoms with E-state index in [1.54, 1.807) is 11.8 Å². The molecule has 0 saturated carbocycles. The molecule has 0 heterocycles. The first-order chi connectivity index (χ1) is 16.7. The number of amides is 1. The number of carbonyl (C=O) groups is 1. The second-order valence-corrected chi connectivity index (χ2v) is 8.36. The molecular formula is C28H22N4OS. The number of nitriles is 1. The van der Waals surface area contributed by atoms with Gasteiger partial charge in [-0.15, -0.1) is 0 Å². The molecule has 0 unspecified atom stereocenters. The van der Waals surface area contributed by atoms with Gasteiger partial charge in [-0.3, -0.25) is 4.79 Å². The van der Waals surface area contributed by atoms with Gasteiger partial charge in [0.25, 0.3) is 5.91 Å². The second kappa shape index (κ2) is 11.4. The van der Waals surface area contributed by atoms with Crippen molar-refractivity contribution in [3.8, 4) is 6.07 Å². The van der Waals surface area contributed by atoms with Gasteiger partial charge in [-0.25, -0.2) is 0 Å². The molecule has 0 fully saturated rings. The first-order valence-electron chi connectivity index (χ1n) is 10.6. The predicted octanol–water partition coefficient (Wildman–Crippen LogP) is 7.04. The number of nitrogens with zero attached hydrogens (tertiary/aromatic N) is 1. The lowest BCUT2D eigenvalue weighted by molar-refractivity contribution is -0.112. The van der Waals surface area contributed by atoms with Gasteiger partial charge in [0.15, 0.2) is 0 Å². The zero-order valence-electron chi connectivity index (χ0n) is 18.2. The standard InChI is InChI=1S/C28H22N4OS/c29-19-21(20-30-22-15-17-24(18-16-22)31-23-9-3-1-4-10-23)28(33)32-26-13-7-8-14-27(26)34-25-11-5-2-6-12-25/h1-18,20,30-31H,(H,32,33)/b21-20-. The number of para-hydroxylation sites is 2. The fourth-order valence-electron chi connectivity index (χ4n) is 3.11. The Balaban J connectivity index is 1.40. The summed E-state index contributed by atoms with van der Waals surface area (Å²) in [6, 6.07) is 36.9. The quantitative estimate of drug-likeness (QED) is 0.193. The van der Waals surface area contributed by atoms with E-state index in [4.69, 9.17) is 0 Å². The first kappa shape index (κ1) is 22.7. The molecule has 4 aromatic carbocycles. The molecule has 0 aromatic heterocycles. The van der Waals surface area contributed by atoms with Gasteiger partial charge in [0.05, 0.1) is 5.69 Å². The van der Waals surface area contributed by atoms with Crippen LogP contribution in [0.2, 0.25) is 0 Å². The summed E-state index contributed by atoms with van der Waals surface area (Å²) in [5.41, 5.74) is 3.33. The average molecular weight is 463 g/mol. The van der Waals surface area contributed by atoms with Crippen LogP contribution >= 0.6 is 11.8 Å². The summed E-state index contributed by atoms with van der Waals surface area (Å²) in [6.45, 7) is 0. The lowest BCUT2D eigenvalue weighted by atomic mass is 10.2. The summed E-state index contributed by atoms with van der Waals surface area (Å²) >= 11 is 1.55. The summed E-state index contributed by atoms with van der Waals surface area (Å²) < 4.78 is 0. The van der Waals surface area contributed by atoms with Crippen molar-refractivity contribution in [2.45, 2.75) is 9.79 Å². The Labute approximate surface area is 203 Å². The molecule has 3 N–H and O–H groups in total. The molecule has 166 valence electrons. The Kier molecular flexibility index (Phi) is 7.62. The zero-order chi connectivity index (χ0) is 23.6. The van der Waals surface area contributed by atoms with Crippen molar-refractivity contribution >= 4 is 40.4 Å². The van der Waals surface area contributed by atoms with E-state index in [2.05, 4.69) is 16.0 Å². The third-order valence-electron chi connectivity index (χ3n) is 4.80. The molecule has 0 aliphatic rings. The molecule has 0 aliphatic carbocycles. The number of hydrogen-bond donors (Lipinski definition) is 3. The average Bonchev–Trinajstić information content (AvgIpc) is 2.88. The molecule has 1 amide bonds.